The van der Waals surface area contributed by atoms with Gasteiger partial charge in [0.2, 0.25) is 5.91 Å². The van der Waals surface area contributed by atoms with Gasteiger partial charge in [0.25, 0.3) is 5.91 Å². The predicted molar refractivity (Wildman–Crippen MR) is 121 cm³/mol. The third-order valence-corrected chi connectivity index (χ3v) is 5.45. The van der Waals surface area contributed by atoms with Gasteiger partial charge in [-0.15, -0.1) is 11.3 Å². The Bertz CT molecular complexity index is 954. The zero-order chi connectivity index (χ0) is 21.3. The number of anilines is 2. The average molecular weight is 424 g/mol. The highest BCUT2D eigenvalue weighted by Gasteiger charge is 2.10. The first-order valence-corrected chi connectivity index (χ1v) is 10.6. The van der Waals surface area contributed by atoms with Crippen LogP contribution in [0, 0.1) is 0 Å². The monoisotopic (exact) mass is 423 g/mol. The number of amides is 2. The number of carbonyl (C=O) groups excluding carboxylic acids is 2. The molecule has 3 aromatic rings. The second-order valence-corrected chi connectivity index (χ2v) is 7.63. The molecule has 3 rings (SSSR count). The van der Waals surface area contributed by atoms with Crippen LogP contribution >= 0.6 is 11.3 Å². The fourth-order valence-corrected chi connectivity index (χ4v) is 3.56. The molecule has 0 bridgehead atoms. The lowest BCUT2D eigenvalue weighted by Gasteiger charge is -2.12. The van der Waals surface area contributed by atoms with Gasteiger partial charge in [-0.25, -0.2) is 0 Å². The first-order valence-electron chi connectivity index (χ1n) is 9.76. The Morgan fingerprint density at radius 1 is 0.967 bits per heavy atom. The van der Waals surface area contributed by atoms with Gasteiger partial charge in [-0.05, 0) is 73.8 Å². The van der Waals surface area contributed by atoms with E-state index in [-0.39, 0.29) is 24.4 Å². The fourth-order valence-electron chi connectivity index (χ4n) is 2.80. The lowest BCUT2D eigenvalue weighted by atomic mass is 10.2. The molecule has 3 N–H and O–H groups in total. The fraction of sp³-hybridized carbons (Fsp3) is 0.217. The highest BCUT2D eigenvalue weighted by molar-refractivity contribution is 7.10. The minimum absolute atomic E-state index is 0.115. The molecule has 7 heteroatoms. The summed E-state index contributed by atoms with van der Waals surface area (Å²) < 4.78 is 5.39. The molecule has 0 aliphatic rings. The van der Waals surface area contributed by atoms with Gasteiger partial charge in [0.1, 0.15) is 5.75 Å². The molecule has 2 aromatic carbocycles. The van der Waals surface area contributed by atoms with Gasteiger partial charge in [0.15, 0.2) is 0 Å². The Balaban J connectivity index is 1.48. The van der Waals surface area contributed by atoms with E-state index in [2.05, 4.69) is 16.0 Å². The highest BCUT2D eigenvalue weighted by Crippen LogP contribution is 2.18. The molecule has 0 spiro atoms. The van der Waals surface area contributed by atoms with Crippen molar-refractivity contribution >= 4 is 34.5 Å². The summed E-state index contributed by atoms with van der Waals surface area (Å²) in [4.78, 5) is 25.8. The molecule has 0 aliphatic heterocycles. The Hall–Kier alpha value is -3.16. The van der Waals surface area contributed by atoms with Crippen LogP contribution in [0.5, 0.6) is 5.75 Å². The van der Waals surface area contributed by atoms with E-state index in [1.54, 1.807) is 47.7 Å². The Labute approximate surface area is 180 Å². The second-order valence-electron chi connectivity index (χ2n) is 6.66. The summed E-state index contributed by atoms with van der Waals surface area (Å²) in [6.45, 7) is 4.75. The van der Waals surface area contributed by atoms with Crippen LogP contribution in [0.4, 0.5) is 11.4 Å². The summed E-state index contributed by atoms with van der Waals surface area (Å²) in [5.41, 5.74) is 1.83. The molecule has 1 atom stereocenters. The number of carbonyl (C=O) groups is 2. The number of nitrogens with one attached hydrogen (secondary N) is 3. The van der Waals surface area contributed by atoms with Gasteiger partial charge in [0, 0.05) is 27.9 Å². The first-order chi connectivity index (χ1) is 14.5. The van der Waals surface area contributed by atoms with E-state index < -0.39 is 0 Å². The molecule has 0 aliphatic carbocycles. The first kappa shape index (κ1) is 21.5. The largest absolute Gasteiger partial charge is 0.494 e. The molecule has 2 amide bonds. The van der Waals surface area contributed by atoms with Crippen molar-refractivity contribution in [2.24, 2.45) is 0 Å². The molecular formula is C23H25N3O3S. The standard InChI is InChI=1S/C23H25N3O3S/c1-3-29-20-12-10-19(11-13-20)26-23(28)17-6-8-18(9-7-17)25-22(27)15-24-16(2)21-5-4-14-30-21/h4-14,16,24H,3,15H2,1-2H3,(H,25,27)(H,26,28). The summed E-state index contributed by atoms with van der Waals surface area (Å²) in [6, 6.07) is 18.1. The van der Waals surface area contributed by atoms with Crippen LogP contribution in [0.15, 0.2) is 66.0 Å². The quantitative estimate of drug-likeness (QED) is 0.467. The van der Waals surface area contributed by atoms with E-state index in [9.17, 15) is 9.59 Å². The number of rotatable bonds is 9. The van der Waals surface area contributed by atoms with Crippen molar-refractivity contribution in [1.82, 2.24) is 5.32 Å². The molecule has 0 fully saturated rings. The van der Waals surface area contributed by atoms with Crippen molar-refractivity contribution in [2.75, 3.05) is 23.8 Å². The second kappa shape index (κ2) is 10.6. The van der Waals surface area contributed by atoms with Gasteiger partial charge in [-0.3, -0.25) is 9.59 Å². The number of benzene rings is 2. The van der Waals surface area contributed by atoms with Gasteiger partial charge >= 0.3 is 0 Å². The maximum absolute atomic E-state index is 12.4. The zero-order valence-corrected chi connectivity index (χ0v) is 17.8. The van der Waals surface area contributed by atoms with Crippen LogP contribution in [-0.2, 0) is 4.79 Å². The predicted octanol–water partition coefficient (Wildman–Crippen LogP) is 4.69. The highest BCUT2D eigenvalue weighted by atomic mass is 32.1. The summed E-state index contributed by atoms with van der Waals surface area (Å²) in [7, 11) is 0. The van der Waals surface area contributed by atoms with E-state index in [4.69, 9.17) is 4.74 Å². The Kier molecular flexibility index (Phi) is 7.59. The topological polar surface area (TPSA) is 79.5 Å². The average Bonchev–Trinajstić information content (AvgIpc) is 3.29. The normalized spacial score (nSPS) is 11.5. The van der Waals surface area contributed by atoms with Crippen molar-refractivity contribution in [3.63, 3.8) is 0 Å². The van der Waals surface area contributed by atoms with Crippen LogP contribution in [0.3, 0.4) is 0 Å². The molecule has 0 radical (unpaired) electrons. The van der Waals surface area contributed by atoms with Crippen molar-refractivity contribution < 1.29 is 14.3 Å². The Morgan fingerprint density at radius 2 is 1.63 bits per heavy atom. The molecule has 0 saturated heterocycles. The van der Waals surface area contributed by atoms with Gasteiger partial charge in [-0.1, -0.05) is 6.07 Å². The molecule has 156 valence electrons. The summed E-state index contributed by atoms with van der Waals surface area (Å²) in [5.74, 6) is 0.406. The molecule has 6 nitrogen and oxygen atoms in total. The van der Waals surface area contributed by atoms with E-state index >= 15 is 0 Å². The van der Waals surface area contributed by atoms with Crippen LogP contribution < -0.4 is 20.7 Å². The third kappa shape index (κ3) is 6.17. The van der Waals surface area contributed by atoms with Crippen molar-refractivity contribution in [3.8, 4) is 5.75 Å². The van der Waals surface area contributed by atoms with Gasteiger partial charge in [0.05, 0.1) is 13.2 Å². The van der Waals surface area contributed by atoms with Crippen molar-refractivity contribution in [2.45, 2.75) is 19.9 Å². The molecule has 0 saturated carbocycles. The van der Waals surface area contributed by atoms with Crippen molar-refractivity contribution in [1.29, 1.82) is 0 Å². The number of hydrogen-bond donors (Lipinski definition) is 3. The molecule has 1 unspecified atom stereocenters. The van der Waals surface area contributed by atoms with E-state index in [0.29, 0.717) is 23.5 Å². The molecular weight excluding hydrogens is 398 g/mol. The van der Waals surface area contributed by atoms with Gasteiger partial charge < -0.3 is 20.7 Å². The number of ether oxygens (including phenoxy) is 1. The summed E-state index contributed by atoms with van der Waals surface area (Å²) in [5, 5.41) is 10.9. The smallest absolute Gasteiger partial charge is 0.255 e. The lowest BCUT2D eigenvalue weighted by molar-refractivity contribution is -0.115. The van der Waals surface area contributed by atoms with Gasteiger partial charge in [-0.2, -0.15) is 0 Å². The molecule has 1 aromatic heterocycles. The maximum atomic E-state index is 12.4. The zero-order valence-electron chi connectivity index (χ0n) is 17.0. The maximum Gasteiger partial charge on any atom is 0.255 e. The SMILES string of the molecule is CCOc1ccc(NC(=O)c2ccc(NC(=O)CNC(C)c3cccs3)cc2)cc1. The van der Waals surface area contributed by atoms with Crippen LogP contribution in [0.25, 0.3) is 0 Å². The lowest BCUT2D eigenvalue weighted by Crippen LogP contribution is -2.29. The number of hydrogen-bond acceptors (Lipinski definition) is 5. The van der Waals surface area contributed by atoms with E-state index in [0.717, 1.165) is 5.75 Å². The van der Waals surface area contributed by atoms with Crippen LogP contribution in [0.2, 0.25) is 0 Å². The summed E-state index contributed by atoms with van der Waals surface area (Å²) >= 11 is 1.66. The van der Waals surface area contributed by atoms with Crippen LogP contribution in [0.1, 0.15) is 35.1 Å². The molecule has 1 heterocycles. The number of thiophene rings is 1. The minimum Gasteiger partial charge on any atom is -0.494 e. The van der Waals surface area contributed by atoms with Crippen LogP contribution in [-0.4, -0.2) is 25.0 Å². The summed E-state index contributed by atoms with van der Waals surface area (Å²) in [6.07, 6.45) is 0. The third-order valence-electron chi connectivity index (χ3n) is 4.39. The minimum atomic E-state index is -0.219. The Morgan fingerprint density at radius 3 is 2.27 bits per heavy atom. The van der Waals surface area contributed by atoms with E-state index in [1.807, 2.05) is 43.5 Å². The van der Waals surface area contributed by atoms with E-state index in [1.165, 1.54) is 4.88 Å². The molecule has 30 heavy (non-hydrogen) atoms. The van der Waals surface area contributed by atoms with Crippen molar-refractivity contribution in [3.05, 3.63) is 76.5 Å².